The van der Waals surface area contributed by atoms with E-state index in [0.717, 1.165) is 11.1 Å². The fraction of sp³-hybridized carbons (Fsp3) is 0.0526. The van der Waals surface area contributed by atoms with E-state index in [-0.39, 0.29) is 4.90 Å². The topological polar surface area (TPSA) is 79.5 Å². The summed E-state index contributed by atoms with van der Waals surface area (Å²) in [6.45, 7) is 1.86. The minimum absolute atomic E-state index is 0.0255. The summed E-state index contributed by atoms with van der Waals surface area (Å²) in [5, 5.41) is 15.4. The first-order chi connectivity index (χ1) is 12.5. The summed E-state index contributed by atoms with van der Waals surface area (Å²) in [6.07, 6.45) is 1.72. The molecule has 2 aromatic rings. The van der Waals surface area contributed by atoms with Crippen molar-refractivity contribution in [3.63, 3.8) is 0 Å². The minimum atomic E-state index is -4.02. The van der Waals surface area contributed by atoms with Gasteiger partial charge in [-0.1, -0.05) is 64.9 Å². The number of thioether (sulfide) groups is 1. The Hall–Kier alpha value is -2.82. The molecular formula is C19H14N2O3S2. The van der Waals surface area contributed by atoms with Crippen molar-refractivity contribution in [1.29, 1.82) is 5.26 Å². The number of benzene rings is 2. The second-order valence-electron chi connectivity index (χ2n) is 5.43. The lowest BCUT2D eigenvalue weighted by atomic mass is 10.0. The zero-order valence-electron chi connectivity index (χ0n) is 13.8. The van der Waals surface area contributed by atoms with E-state index in [1.54, 1.807) is 23.6 Å². The van der Waals surface area contributed by atoms with E-state index in [9.17, 15) is 13.7 Å². The number of hydrogen-bond acceptors (Lipinski definition) is 6. The van der Waals surface area contributed by atoms with Crippen LogP contribution in [0.5, 0.6) is 0 Å². The first-order valence-corrected chi connectivity index (χ1v) is 9.92. The summed E-state index contributed by atoms with van der Waals surface area (Å²) in [4.78, 5) is 0.0255. The van der Waals surface area contributed by atoms with Crippen LogP contribution in [0.2, 0.25) is 0 Å². The maximum Gasteiger partial charge on any atom is 0.358 e. The molecule has 0 unspecified atom stereocenters. The van der Waals surface area contributed by atoms with Crippen LogP contribution in [0.1, 0.15) is 11.1 Å². The molecule has 26 heavy (non-hydrogen) atoms. The SMILES string of the molecule is Cc1ccc(S(=O)(=O)ON=C2SC=CC2=C(C#N)c2ccccc2)cc1. The zero-order valence-corrected chi connectivity index (χ0v) is 15.4. The van der Waals surface area contributed by atoms with Gasteiger partial charge in [-0.05, 0) is 36.1 Å². The van der Waals surface area contributed by atoms with Gasteiger partial charge < -0.3 is 0 Å². The number of allylic oxidation sites excluding steroid dienone is 2. The molecule has 1 heterocycles. The smallest absolute Gasteiger partial charge is 0.264 e. The van der Waals surface area contributed by atoms with Crippen LogP contribution in [0.25, 0.3) is 5.57 Å². The van der Waals surface area contributed by atoms with Crippen LogP contribution in [0, 0.1) is 18.3 Å². The van der Waals surface area contributed by atoms with Crippen LogP contribution >= 0.6 is 11.8 Å². The molecule has 5 nitrogen and oxygen atoms in total. The average Bonchev–Trinajstić information content (AvgIpc) is 3.10. The number of hydrogen-bond donors (Lipinski definition) is 0. The molecule has 7 heteroatoms. The molecule has 1 aliphatic rings. The van der Waals surface area contributed by atoms with E-state index in [0.29, 0.717) is 16.2 Å². The quantitative estimate of drug-likeness (QED) is 0.583. The van der Waals surface area contributed by atoms with Gasteiger partial charge in [0.2, 0.25) is 0 Å². The molecule has 0 amide bonds. The van der Waals surface area contributed by atoms with Crippen molar-refractivity contribution in [1.82, 2.24) is 0 Å². The van der Waals surface area contributed by atoms with Crippen molar-refractivity contribution in [3.8, 4) is 6.07 Å². The van der Waals surface area contributed by atoms with E-state index in [4.69, 9.17) is 4.28 Å². The lowest BCUT2D eigenvalue weighted by molar-refractivity contribution is 0.340. The van der Waals surface area contributed by atoms with Gasteiger partial charge in [0, 0.05) is 5.57 Å². The summed E-state index contributed by atoms with van der Waals surface area (Å²) in [5.74, 6) is 0. The number of nitrogens with zero attached hydrogens (tertiary/aromatic N) is 2. The third kappa shape index (κ3) is 3.87. The Morgan fingerprint density at radius 1 is 1.12 bits per heavy atom. The molecule has 0 bridgehead atoms. The highest BCUT2D eigenvalue weighted by Gasteiger charge is 2.21. The van der Waals surface area contributed by atoms with E-state index in [2.05, 4.69) is 11.2 Å². The van der Waals surface area contributed by atoms with Gasteiger partial charge in [-0.25, -0.2) is 0 Å². The summed E-state index contributed by atoms with van der Waals surface area (Å²) >= 11 is 1.20. The predicted molar refractivity (Wildman–Crippen MR) is 103 cm³/mol. The fourth-order valence-electron chi connectivity index (χ4n) is 2.28. The Balaban J connectivity index is 1.92. The third-order valence-corrected chi connectivity index (χ3v) is 5.53. The monoisotopic (exact) mass is 382 g/mol. The number of nitriles is 1. The molecule has 0 saturated carbocycles. The van der Waals surface area contributed by atoms with Gasteiger partial charge in [0.15, 0.2) is 0 Å². The van der Waals surface area contributed by atoms with Gasteiger partial charge >= 0.3 is 10.1 Å². The van der Waals surface area contributed by atoms with Gasteiger partial charge in [0.05, 0.1) is 5.57 Å². The van der Waals surface area contributed by atoms with Crippen LogP contribution in [-0.4, -0.2) is 13.5 Å². The highest BCUT2D eigenvalue weighted by atomic mass is 32.2. The lowest BCUT2D eigenvalue weighted by Gasteiger charge is -2.05. The van der Waals surface area contributed by atoms with Gasteiger partial charge in [-0.3, -0.25) is 4.28 Å². The highest BCUT2D eigenvalue weighted by Crippen LogP contribution is 2.31. The molecule has 0 spiro atoms. The average molecular weight is 382 g/mol. The van der Waals surface area contributed by atoms with Crippen molar-refractivity contribution < 1.29 is 12.7 Å². The number of aryl methyl sites for hydroxylation is 1. The van der Waals surface area contributed by atoms with Gasteiger partial charge in [-0.15, -0.1) is 0 Å². The van der Waals surface area contributed by atoms with Crippen LogP contribution < -0.4 is 0 Å². The van der Waals surface area contributed by atoms with Crippen molar-refractivity contribution in [2.45, 2.75) is 11.8 Å². The Morgan fingerprint density at radius 3 is 2.46 bits per heavy atom. The zero-order chi connectivity index (χ0) is 18.6. The maximum absolute atomic E-state index is 12.3. The molecular weight excluding hydrogens is 368 g/mol. The number of oxime groups is 1. The summed E-state index contributed by atoms with van der Waals surface area (Å²) < 4.78 is 29.4. The largest absolute Gasteiger partial charge is 0.358 e. The minimum Gasteiger partial charge on any atom is -0.264 e. The standard InChI is InChI=1S/C19H14N2O3S2/c1-14-7-9-16(10-8-14)26(22,23)24-21-19-17(11-12-25-19)18(13-20)15-5-3-2-4-6-15/h2-12H,1H3. The Bertz CT molecular complexity index is 1050. The Labute approximate surface area is 156 Å². The predicted octanol–water partition coefficient (Wildman–Crippen LogP) is 4.25. The van der Waals surface area contributed by atoms with Gasteiger partial charge in [0.25, 0.3) is 0 Å². The van der Waals surface area contributed by atoms with E-state index in [1.807, 2.05) is 37.3 Å². The fourth-order valence-corrected chi connectivity index (χ4v) is 3.76. The van der Waals surface area contributed by atoms with Crippen LogP contribution in [0.15, 0.2) is 81.7 Å². The molecule has 0 atom stereocenters. The molecule has 0 aromatic heterocycles. The normalized spacial score (nSPS) is 17.2. The van der Waals surface area contributed by atoms with Crippen LogP contribution in [0.4, 0.5) is 0 Å². The molecule has 1 aliphatic heterocycles. The van der Waals surface area contributed by atoms with Crippen molar-refractivity contribution in [2.24, 2.45) is 5.16 Å². The van der Waals surface area contributed by atoms with Gasteiger partial charge in [-0.2, -0.15) is 13.7 Å². The van der Waals surface area contributed by atoms with E-state index >= 15 is 0 Å². The molecule has 0 N–H and O–H groups in total. The second kappa shape index (κ2) is 7.60. The van der Waals surface area contributed by atoms with Crippen molar-refractivity contribution >= 4 is 32.5 Å². The maximum atomic E-state index is 12.3. The molecule has 0 radical (unpaired) electrons. The lowest BCUT2D eigenvalue weighted by Crippen LogP contribution is -2.05. The molecule has 0 aliphatic carbocycles. The molecule has 0 fully saturated rings. The molecule has 130 valence electrons. The van der Waals surface area contributed by atoms with Crippen LogP contribution in [-0.2, 0) is 14.4 Å². The van der Waals surface area contributed by atoms with E-state index in [1.165, 1.54) is 23.9 Å². The van der Waals surface area contributed by atoms with E-state index < -0.39 is 10.1 Å². The summed E-state index contributed by atoms with van der Waals surface area (Å²) in [5.41, 5.74) is 2.61. The van der Waals surface area contributed by atoms with Crippen LogP contribution in [0.3, 0.4) is 0 Å². The second-order valence-corrected chi connectivity index (χ2v) is 7.85. The molecule has 0 saturated heterocycles. The van der Waals surface area contributed by atoms with Gasteiger partial charge in [0.1, 0.15) is 16.0 Å². The third-order valence-electron chi connectivity index (χ3n) is 3.62. The summed E-state index contributed by atoms with van der Waals surface area (Å²) in [7, 11) is -4.02. The Morgan fingerprint density at radius 2 is 1.81 bits per heavy atom. The first-order valence-electron chi connectivity index (χ1n) is 7.63. The summed E-state index contributed by atoms with van der Waals surface area (Å²) in [6, 6.07) is 17.6. The number of rotatable bonds is 4. The van der Waals surface area contributed by atoms with Crippen molar-refractivity contribution in [2.75, 3.05) is 0 Å². The first kappa shape index (κ1) is 18.0. The molecule has 3 rings (SSSR count). The Kier molecular flexibility index (Phi) is 5.26. The highest BCUT2D eigenvalue weighted by molar-refractivity contribution is 8.17. The van der Waals surface area contributed by atoms with Crippen molar-refractivity contribution in [3.05, 3.63) is 82.8 Å². The molecule has 2 aromatic carbocycles.